The number of aryl methyl sites for hydroxylation is 3. The molecule has 2 rings (SSSR count). The molecule has 3 nitrogen and oxygen atoms in total. The largest absolute Gasteiger partial charge is 0.455 e. The molecule has 94 valence electrons. The molecule has 1 aromatic heterocycles. The number of nitrogens with zero attached hydrogens (tertiary/aromatic N) is 1. The van der Waals surface area contributed by atoms with Crippen LogP contribution in [0.25, 0.3) is 11.3 Å². The second-order valence-corrected chi connectivity index (χ2v) is 4.62. The van der Waals surface area contributed by atoms with E-state index in [2.05, 4.69) is 38.1 Å². The summed E-state index contributed by atoms with van der Waals surface area (Å²) in [5, 5.41) is 11.9. The molecule has 18 heavy (non-hydrogen) atoms. The second kappa shape index (κ2) is 4.69. The standard InChI is InChI=1S/C15H17NO2/c1-9-7-10(2)15(11(3)8-9)14-6-5-13(18-14)12(4)16-17/h5-8,17H,1-4H3/b16-12+. The normalized spacial score (nSPS) is 11.9. The van der Waals surface area contributed by atoms with Crippen molar-refractivity contribution in [1.29, 1.82) is 0 Å². The van der Waals surface area contributed by atoms with E-state index in [0.717, 1.165) is 11.3 Å². The number of oxime groups is 1. The van der Waals surface area contributed by atoms with E-state index in [1.54, 1.807) is 6.92 Å². The zero-order chi connectivity index (χ0) is 13.3. The lowest BCUT2D eigenvalue weighted by atomic mass is 9.98. The monoisotopic (exact) mass is 243 g/mol. The quantitative estimate of drug-likeness (QED) is 0.491. The fourth-order valence-corrected chi connectivity index (χ4v) is 2.28. The van der Waals surface area contributed by atoms with Crippen LogP contribution in [0.15, 0.2) is 33.8 Å². The van der Waals surface area contributed by atoms with Gasteiger partial charge >= 0.3 is 0 Å². The van der Waals surface area contributed by atoms with Crippen LogP contribution in [0.4, 0.5) is 0 Å². The van der Waals surface area contributed by atoms with Gasteiger partial charge in [-0.2, -0.15) is 0 Å². The summed E-state index contributed by atoms with van der Waals surface area (Å²) < 4.78 is 5.73. The molecule has 0 unspecified atom stereocenters. The molecule has 1 aromatic carbocycles. The summed E-state index contributed by atoms with van der Waals surface area (Å²) in [6.45, 7) is 7.94. The van der Waals surface area contributed by atoms with Crippen molar-refractivity contribution in [2.75, 3.05) is 0 Å². The summed E-state index contributed by atoms with van der Waals surface area (Å²) >= 11 is 0. The predicted octanol–water partition coefficient (Wildman–Crippen LogP) is 4.07. The average Bonchev–Trinajstić information content (AvgIpc) is 2.76. The smallest absolute Gasteiger partial charge is 0.152 e. The van der Waals surface area contributed by atoms with Crippen molar-refractivity contribution in [2.45, 2.75) is 27.7 Å². The van der Waals surface area contributed by atoms with Gasteiger partial charge in [-0.25, -0.2) is 0 Å². The van der Waals surface area contributed by atoms with Crippen LogP contribution in [0.1, 0.15) is 29.4 Å². The summed E-state index contributed by atoms with van der Waals surface area (Å²) in [4.78, 5) is 0. The Morgan fingerprint density at radius 1 is 1.11 bits per heavy atom. The van der Waals surface area contributed by atoms with Crippen LogP contribution >= 0.6 is 0 Å². The maximum absolute atomic E-state index is 8.74. The van der Waals surface area contributed by atoms with E-state index >= 15 is 0 Å². The van der Waals surface area contributed by atoms with Gasteiger partial charge in [0, 0.05) is 5.56 Å². The van der Waals surface area contributed by atoms with E-state index in [1.165, 1.54) is 16.7 Å². The van der Waals surface area contributed by atoms with E-state index in [-0.39, 0.29) is 0 Å². The molecule has 0 fully saturated rings. The summed E-state index contributed by atoms with van der Waals surface area (Å²) in [5.74, 6) is 1.40. The summed E-state index contributed by atoms with van der Waals surface area (Å²) in [6.07, 6.45) is 0. The van der Waals surface area contributed by atoms with Crippen molar-refractivity contribution >= 4 is 5.71 Å². The first-order chi connectivity index (χ1) is 8.52. The van der Waals surface area contributed by atoms with E-state index in [4.69, 9.17) is 9.62 Å². The lowest BCUT2D eigenvalue weighted by Gasteiger charge is -2.08. The summed E-state index contributed by atoms with van der Waals surface area (Å²) in [5.41, 5.74) is 5.20. The zero-order valence-corrected chi connectivity index (χ0v) is 11.1. The van der Waals surface area contributed by atoms with Crippen molar-refractivity contribution in [3.63, 3.8) is 0 Å². The Bertz CT molecular complexity index is 586. The van der Waals surface area contributed by atoms with E-state index in [9.17, 15) is 0 Å². The van der Waals surface area contributed by atoms with E-state index < -0.39 is 0 Å². The third kappa shape index (κ3) is 2.16. The molecule has 0 bridgehead atoms. The molecule has 0 aliphatic heterocycles. The van der Waals surface area contributed by atoms with Gasteiger partial charge in [-0.3, -0.25) is 0 Å². The molecule has 1 N–H and O–H groups in total. The van der Waals surface area contributed by atoms with Gasteiger partial charge in [0.2, 0.25) is 0 Å². The molecule has 0 spiro atoms. The minimum Gasteiger partial charge on any atom is -0.455 e. The van der Waals surface area contributed by atoms with E-state index in [1.807, 2.05) is 12.1 Å². The number of hydrogen-bond acceptors (Lipinski definition) is 3. The van der Waals surface area contributed by atoms with Crippen molar-refractivity contribution in [3.8, 4) is 11.3 Å². The highest BCUT2D eigenvalue weighted by atomic mass is 16.4. The molecule has 0 aliphatic rings. The maximum atomic E-state index is 8.74. The molecule has 0 atom stereocenters. The highest BCUT2D eigenvalue weighted by molar-refractivity contribution is 5.96. The van der Waals surface area contributed by atoms with Gasteiger partial charge in [0.15, 0.2) is 5.76 Å². The van der Waals surface area contributed by atoms with Gasteiger partial charge in [0.1, 0.15) is 11.5 Å². The van der Waals surface area contributed by atoms with E-state index in [0.29, 0.717) is 11.5 Å². The van der Waals surface area contributed by atoms with Crippen LogP contribution < -0.4 is 0 Å². The summed E-state index contributed by atoms with van der Waals surface area (Å²) in [6, 6.07) is 8.01. The van der Waals surface area contributed by atoms with Crippen LogP contribution in [0.3, 0.4) is 0 Å². The maximum Gasteiger partial charge on any atom is 0.152 e. The Labute approximate surface area is 107 Å². The lowest BCUT2D eigenvalue weighted by Crippen LogP contribution is -1.91. The first-order valence-corrected chi connectivity index (χ1v) is 5.90. The fraction of sp³-hybridized carbons (Fsp3) is 0.267. The molecule has 0 saturated heterocycles. The Morgan fingerprint density at radius 2 is 1.72 bits per heavy atom. The van der Waals surface area contributed by atoms with Gasteiger partial charge in [0.25, 0.3) is 0 Å². The van der Waals surface area contributed by atoms with Crippen molar-refractivity contribution in [3.05, 3.63) is 46.7 Å². The van der Waals surface area contributed by atoms with Gasteiger partial charge in [-0.1, -0.05) is 22.9 Å². The second-order valence-electron chi connectivity index (χ2n) is 4.62. The fourth-order valence-electron chi connectivity index (χ4n) is 2.28. The van der Waals surface area contributed by atoms with Gasteiger partial charge in [-0.15, -0.1) is 0 Å². The first kappa shape index (κ1) is 12.4. The highest BCUT2D eigenvalue weighted by Crippen LogP contribution is 2.30. The lowest BCUT2D eigenvalue weighted by molar-refractivity contribution is 0.317. The Morgan fingerprint density at radius 3 is 2.28 bits per heavy atom. The van der Waals surface area contributed by atoms with Crippen molar-refractivity contribution in [1.82, 2.24) is 0 Å². The highest BCUT2D eigenvalue weighted by Gasteiger charge is 2.12. The predicted molar refractivity (Wildman–Crippen MR) is 72.4 cm³/mol. The molecule has 0 aliphatic carbocycles. The van der Waals surface area contributed by atoms with Gasteiger partial charge < -0.3 is 9.62 Å². The van der Waals surface area contributed by atoms with Crippen molar-refractivity contribution < 1.29 is 9.62 Å². The van der Waals surface area contributed by atoms with Gasteiger partial charge in [-0.05, 0) is 51.0 Å². The number of benzene rings is 1. The van der Waals surface area contributed by atoms with Crippen molar-refractivity contribution in [2.24, 2.45) is 5.16 Å². The molecular formula is C15H17NO2. The SMILES string of the molecule is C/C(=N\O)c1ccc(-c2c(C)cc(C)cc2C)o1. The third-order valence-corrected chi connectivity index (χ3v) is 3.04. The molecule has 1 heterocycles. The molecule has 3 heteroatoms. The number of rotatable bonds is 2. The number of hydrogen-bond donors (Lipinski definition) is 1. The Kier molecular flexibility index (Phi) is 3.24. The molecule has 0 radical (unpaired) electrons. The van der Waals surface area contributed by atoms with Crippen LogP contribution in [-0.4, -0.2) is 10.9 Å². The third-order valence-electron chi connectivity index (χ3n) is 3.04. The minimum atomic E-state index is 0.476. The molecule has 0 amide bonds. The van der Waals surface area contributed by atoms with Crippen LogP contribution in [0.2, 0.25) is 0 Å². The topological polar surface area (TPSA) is 45.7 Å². The Hall–Kier alpha value is -2.03. The zero-order valence-electron chi connectivity index (χ0n) is 11.1. The molecule has 0 saturated carbocycles. The van der Waals surface area contributed by atoms with Crippen LogP contribution in [-0.2, 0) is 0 Å². The average molecular weight is 243 g/mol. The van der Waals surface area contributed by atoms with Gasteiger partial charge in [0.05, 0.1) is 0 Å². The summed E-state index contributed by atoms with van der Waals surface area (Å²) in [7, 11) is 0. The van der Waals surface area contributed by atoms with Crippen LogP contribution in [0.5, 0.6) is 0 Å². The minimum absolute atomic E-state index is 0.476. The number of furan rings is 1. The molecule has 2 aromatic rings. The van der Waals surface area contributed by atoms with Crippen LogP contribution in [0, 0.1) is 20.8 Å². The first-order valence-electron chi connectivity index (χ1n) is 5.90. The Balaban J connectivity index is 2.53. The molecular weight excluding hydrogens is 226 g/mol.